The lowest BCUT2D eigenvalue weighted by Crippen LogP contribution is -2.39. The number of hydrogen-bond acceptors (Lipinski definition) is 4. The van der Waals surface area contributed by atoms with E-state index < -0.39 is 0 Å². The lowest BCUT2D eigenvalue weighted by molar-refractivity contribution is 0.0738. The van der Waals surface area contributed by atoms with Gasteiger partial charge < -0.3 is 19.9 Å². The summed E-state index contributed by atoms with van der Waals surface area (Å²) in [6.07, 6.45) is 2.02. The highest BCUT2D eigenvalue weighted by Gasteiger charge is 2.30. The highest BCUT2D eigenvalue weighted by molar-refractivity contribution is 5.98. The first kappa shape index (κ1) is 17.4. The van der Waals surface area contributed by atoms with Gasteiger partial charge in [-0.15, -0.1) is 0 Å². The van der Waals surface area contributed by atoms with Crippen molar-refractivity contribution in [3.05, 3.63) is 53.9 Å². The molecule has 1 aliphatic rings. The van der Waals surface area contributed by atoms with Crippen LogP contribution in [0.15, 0.2) is 42.5 Å². The van der Waals surface area contributed by atoms with Gasteiger partial charge in [-0.1, -0.05) is 6.07 Å². The molecule has 0 saturated carbocycles. The van der Waals surface area contributed by atoms with E-state index in [1.54, 1.807) is 7.11 Å². The van der Waals surface area contributed by atoms with Gasteiger partial charge in [-0.25, -0.2) is 4.98 Å². The van der Waals surface area contributed by atoms with E-state index >= 15 is 0 Å². The molecule has 6 heteroatoms. The molecule has 0 spiro atoms. The summed E-state index contributed by atoms with van der Waals surface area (Å²) in [5.74, 6) is 1.68. The van der Waals surface area contributed by atoms with Crippen LogP contribution in [0.25, 0.3) is 10.9 Å². The van der Waals surface area contributed by atoms with Crippen LogP contribution in [0.3, 0.4) is 0 Å². The molecule has 1 unspecified atom stereocenters. The minimum atomic E-state index is 0.0478. The van der Waals surface area contributed by atoms with Gasteiger partial charge in [0.2, 0.25) is 0 Å². The molecule has 0 aliphatic carbocycles. The van der Waals surface area contributed by atoms with Crippen molar-refractivity contribution in [1.82, 2.24) is 14.9 Å². The molecule has 140 valence electrons. The van der Waals surface area contributed by atoms with E-state index in [0.717, 1.165) is 47.6 Å². The zero-order valence-electron chi connectivity index (χ0n) is 15.7. The lowest BCUT2D eigenvalue weighted by atomic mass is 10.2. The molecule has 1 amide bonds. The smallest absolute Gasteiger partial charge is 0.270 e. The SMILES string of the molecule is COc1ccc2cc(C(=O)N3CCCC3CNc3cccc(C)n3)[nH]c2c1. The van der Waals surface area contributed by atoms with Gasteiger partial charge in [-0.05, 0) is 50.1 Å². The van der Waals surface area contributed by atoms with Crippen LogP contribution < -0.4 is 10.1 Å². The number of carbonyl (C=O) groups excluding carboxylic acids is 1. The van der Waals surface area contributed by atoms with Gasteiger partial charge in [0.15, 0.2) is 0 Å². The minimum Gasteiger partial charge on any atom is -0.497 e. The number of nitrogens with zero attached hydrogens (tertiary/aromatic N) is 2. The Morgan fingerprint density at radius 1 is 1.33 bits per heavy atom. The maximum Gasteiger partial charge on any atom is 0.270 e. The number of pyridine rings is 1. The lowest BCUT2D eigenvalue weighted by Gasteiger charge is -2.24. The summed E-state index contributed by atoms with van der Waals surface area (Å²) in [5.41, 5.74) is 2.52. The number of rotatable bonds is 5. The molecule has 2 aromatic heterocycles. The first-order valence-electron chi connectivity index (χ1n) is 9.29. The number of aromatic nitrogens is 2. The molecule has 1 fully saturated rings. The summed E-state index contributed by atoms with van der Waals surface area (Å²) in [6, 6.07) is 13.8. The molecular formula is C21H24N4O2. The van der Waals surface area contributed by atoms with Crippen molar-refractivity contribution in [2.45, 2.75) is 25.8 Å². The number of likely N-dealkylation sites (tertiary alicyclic amines) is 1. The summed E-state index contributed by atoms with van der Waals surface area (Å²) in [4.78, 5) is 22.7. The normalized spacial score (nSPS) is 16.7. The van der Waals surface area contributed by atoms with Crippen molar-refractivity contribution in [2.75, 3.05) is 25.5 Å². The zero-order chi connectivity index (χ0) is 18.8. The van der Waals surface area contributed by atoms with E-state index in [4.69, 9.17) is 4.74 Å². The average Bonchev–Trinajstić information content (AvgIpc) is 3.32. The molecule has 3 aromatic rings. The molecule has 4 rings (SSSR count). The Kier molecular flexibility index (Phi) is 4.71. The highest BCUT2D eigenvalue weighted by Crippen LogP contribution is 2.25. The quantitative estimate of drug-likeness (QED) is 0.726. The van der Waals surface area contributed by atoms with Crippen LogP contribution >= 0.6 is 0 Å². The second-order valence-corrected chi connectivity index (χ2v) is 6.98. The number of benzene rings is 1. The molecule has 0 bridgehead atoms. The van der Waals surface area contributed by atoms with Crippen molar-refractivity contribution in [2.24, 2.45) is 0 Å². The van der Waals surface area contributed by atoms with Crippen LogP contribution in [0.1, 0.15) is 29.0 Å². The molecule has 27 heavy (non-hydrogen) atoms. The van der Waals surface area contributed by atoms with Crippen LogP contribution in [-0.2, 0) is 0 Å². The number of aryl methyl sites for hydroxylation is 1. The fourth-order valence-electron chi connectivity index (χ4n) is 3.68. The third kappa shape index (κ3) is 3.60. The molecule has 3 heterocycles. The number of methoxy groups -OCH3 is 1. The van der Waals surface area contributed by atoms with Crippen molar-refractivity contribution in [3.63, 3.8) is 0 Å². The van der Waals surface area contributed by atoms with E-state index in [1.807, 2.05) is 54.3 Å². The number of ether oxygens (including phenoxy) is 1. The maximum atomic E-state index is 13.1. The first-order chi connectivity index (χ1) is 13.1. The zero-order valence-corrected chi connectivity index (χ0v) is 15.7. The Hall–Kier alpha value is -3.02. The Morgan fingerprint density at radius 3 is 3.04 bits per heavy atom. The molecule has 1 aromatic carbocycles. The summed E-state index contributed by atoms with van der Waals surface area (Å²) >= 11 is 0. The Bertz CT molecular complexity index is 966. The van der Waals surface area contributed by atoms with E-state index in [-0.39, 0.29) is 11.9 Å². The molecular weight excluding hydrogens is 340 g/mol. The van der Waals surface area contributed by atoms with Gasteiger partial charge in [0.05, 0.1) is 7.11 Å². The number of fused-ring (bicyclic) bond motifs is 1. The van der Waals surface area contributed by atoms with Gasteiger partial charge in [0.1, 0.15) is 17.3 Å². The fraction of sp³-hybridized carbons (Fsp3) is 0.333. The second-order valence-electron chi connectivity index (χ2n) is 6.98. The predicted octanol–water partition coefficient (Wildman–Crippen LogP) is 3.60. The Morgan fingerprint density at radius 2 is 2.22 bits per heavy atom. The summed E-state index contributed by atoms with van der Waals surface area (Å²) in [7, 11) is 1.64. The summed E-state index contributed by atoms with van der Waals surface area (Å²) in [5, 5.41) is 4.38. The van der Waals surface area contributed by atoms with Gasteiger partial charge in [-0.3, -0.25) is 4.79 Å². The molecule has 1 atom stereocenters. The number of amides is 1. The van der Waals surface area contributed by atoms with Crippen LogP contribution in [0, 0.1) is 6.92 Å². The number of anilines is 1. The van der Waals surface area contributed by atoms with Gasteiger partial charge in [-0.2, -0.15) is 0 Å². The van der Waals surface area contributed by atoms with Crippen molar-refractivity contribution >= 4 is 22.6 Å². The number of aromatic amines is 1. The van der Waals surface area contributed by atoms with Crippen molar-refractivity contribution in [1.29, 1.82) is 0 Å². The predicted molar refractivity (Wildman–Crippen MR) is 106 cm³/mol. The summed E-state index contributed by atoms with van der Waals surface area (Å²) in [6.45, 7) is 3.46. The Balaban J connectivity index is 1.48. The summed E-state index contributed by atoms with van der Waals surface area (Å²) < 4.78 is 5.26. The molecule has 2 N–H and O–H groups in total. The number of nitrogens with one attached hydrogen (secondary N) is 2. The molecule has 0 radical (unpaired) electrons. The standard InChI is InChI=1S/C21H24N4O2/c1-14-5-3-7-20(23-14)22-13-16-6-4-10-25(16)21(26)19-11-15-8-9-17(27-2)12-18(15)24-19/h3,5,7-9,11-12,16,24H,4,6,10,13H2,1-2H3,(H,22,23). The van der Waals surface area contributed by atoms with Gasteiger partial charge >= 0.3 is 0 Å². The Labute approximate surface area is 158 Å². The fourth-order valence-corrected chi connectivity index (χ4v) is 3.68. The highest BCUT2D eigenvalue weighted by atomic mass is 16.5. The number of carbonyl (C=O) groups is 1. The number of H-pyrrole nitrogens is 1. The molecule has 6 nitrogen and oxygen atoms in total. The van der Waals surface area contributed by atoms with Crippen LogP contribution in [-0.4, -0.2) is 47.0 Å². The number of hydrogen-bond donors (Lipinski definition) is 2. The maximum absolute atomic E-state index is 13.1. The van der Waals surface area contributed by atoms with E-state index in [2.05, 4.69) is 15.3 Å². The van der Waals surface area contributed by atoms with Crippen LogP contribution in [0.5, 0.6) is 5.75 Å². The van der Waals surface area contributed by atoms with E-state index in [1.165, 1.54) is 0 Å². The van der Waals surface area contributed by atoms with Crippen molar-refractivity contribution < 1.29 is 9.53 Å². The van der Waals surface area contributed by atoms with Crippen LogP contribution in [0.4, 0.5) is 5.82 Å². The minimum absolute atomic E-state index is 0.0478. The largest absolute Gasteiger partial charge is 0.497 e. The van der Waals surface area contributed by atoms with Gasteiger partial charge in [0, 0.05) is 41.8 Å². The average molecular weight is 364 g/mol. The van der Waals surface area contributed by atoms with Crippen LogP contribution in [0.2, 0.25) is 0 Å². The van der Waals surface area contributed by atoms with E-state index in [9.17, 15) is 4.79 Å². The van der Waals surface area contributed by atoms with Crippen molar-refractivity contribution in [3.8, 4) is 5.75 Å². The monoisotopic (exact) mass is 364 g/mol. The third-order valence-electron chi connectivity index (χ3n) is 5.11. The van der Waals surface area contributed by atoms with Gasteiger partial charge in [0.25, 0.3) is 5.91 Å². The molecule has 1 saturated heterocycles. The topological polar surface area (TPSA) is 70.2 Å². The third-order valence-corrected chi connectivity index (χ3v) is 5.11. The van der Waals surface area contributed by atoms with E-state index in [0.29, 0.717) is 12.2 Å². The first-order valence-corrected chi connectivity index (χ1v) is 9.29. The molecule has 1 aliphatic heterocycles. The second kappa shape index (κ2) is 7.31.